The average Bonchev–Trinajstić information content (AvgIpc) is 3.21. The Morgan fingerprint density at radius 2 is 1.67 bits per heavy atom. The molecule has 0 saturated carbocycles. The largest absolute Gasteiger partial charge is 0.467 e. The first-order valence-corrected chi connectivity index (χ1v) is 6.72. The van der Waals surface area contributed by atoms with E-state index in [4.69, 9.17) is 14.2 Å². The fraction of sp³-hybridized carbons (Fsp3) is 0.235. The number of carbonyl (C=O) groups is 1. The monoisotopic (exact) mass is 284 g/mol. The summed E-state index contributed by atoms with van der Waals surface area (Å²) in [6.45, 7) is 1.88. The second-order valence-electron chi connectivity index (χ2n) is 5.07. The fourth-order valence-electron chi connectivity index (χ4n) is 2.29. The van der Waals surface area contributed by atoms with Gasteiger partial charge in [0.15, 0.2) is 6.10 Å². The molecule has 2 aromatic carbocycles. The van der Waals surface area contributed by atoms with Crippen LogP contribution in [0.25, 0.3) is 0 Å². The number of carbonyl (C=O) groups excluding carboxylic acids is 1. The van der Waals surface area contributed by atoms with Crippen LogP contribution in [0.15, 0.2) is 54.6 Å². The summed E-state index contributed by atoms with van der Waals surface area (Å²) in [5.41, 5.74) is 0.330. The van der Waals surface area contributed by atoms with Gasteiger partial charge < -0.3 is 14.2 Å². The van der Waals surface area contributed by atoms with E-state index in [9.17, 15) is 4.79 Å². The van der Waals surface area contributed by atoms with Gasteiger partial charge in [0.05, 0.1) is 7.11 Å². The van der Waals surface area contributed by atoms with Crippen molar-refractivity contribution in [3.63, 3.8) is 0 Å². The van der Waals surface area contributed by atoms with Gasteiger partial charge in [0.25, 0.3) is 0 Å². The zero-order valence-corrected chi connectivity index (χ0v) is 11.9. The maximum absolute atomic E-state index is 11.5. The number of hydrogen-bond acceptors (Lipinski definition) is 4. The molecule has 1 aliphatic heterocycles. The summed E-state index contributed by atoms with van der Waals surface area (Å²) in [4.78, 5) is 11.5. The molecule has 1 heterocycles. The second-order valence-corrected chi connectivity index (χ2v) is 5.07. The van der Waals surface area contributed by atoms with Crippen LogP contribution in [-0.2, 0) is 19.9 Å². The van der Waals surface area contributed by atoms with Crippen LogP contribution in [0.4, 0.5) is 0 Å². The lowest BCUT2D eigenvalue weighted by molar-refractivity contribution is -0.142. The first kappa shape index (κ1) is 13.6. The molecule has 0 N–H and O–H groups in total. The molecule has 2 atom stereocenters. The Hall–Kier alpha value is -2.33. The van der Waals surface area contributed by atoms with Crippen molar-refractivity contribution in [3.8, 4) is 11.5 Å². The molecule has 0 amide bonds. The summed E-state index contributed by atoms with van der Waals surface area (Å²) >= 11 is 0. The molecule has 2 aromatic rings. The standard InChI is InChI=1S/C17H16O4/c1-17(15(21-17)16(18)19-2)12-8-10-14(11-9-12)20-13-6-4-3-5-7-13/h3-11,15H,1-2H3. The Labute approximate surface area is 123 Å². The second kappa shape index (κ2) is 5.22. The van der Waals surface area contributed by atoms with Crippen LogP contribution in [0.2, 0.25) is 0 Å². The van der Waals surface area contributed by atoms with Crippen LogP contribution < -0.4 is 4.74 Å². The molecule has 0 aromatic heterocycles. The summed E-state index contributed by atoms with van der Waals surface area (Å²) in [5, 5.41) is 0. The highest BCUT2D eigenvalue weighted by Gasteiger charge is 2.59. The Bertz CT molecular complexity index is 636. The van der Waals surface area contributed by atoms with Crippen molar-refractivity contribution in [2.24, 2.45) is 0 Å². The number of rotatable bonds is 4. The minimum absolute atomic E-state index is 0.345. The number of benzene rings is 2. The molecule has 108 valence electrons. The van der Waals surface area contributed by atoms with Crippen molar-refractivity contribution >= 4 is 5.97 Å². The van der Waals surface area contributed by atoms with Crippen molar-refractivity contribution in [2.75, 3.05) is 7.11 Å². The van der Waals surface area contributed by atoms with Gasteiger partial charge in [-0.2, -0.15) is 0 Å². The molecule has 1 saturated heterocycles. The number of epoxide rings is 1. The fourth-order valence-corrected chi connectivity index (χ4v) is 2.29. The molecule has 4 nitrogen and oxygen atoms in total. The maximum Gasteiger partial charge on any atom is 0.338 e. The third kappa shape index (κ3) is 2.62. The van der Waals surface area contributed by atoms with E-state index in [0.29, 0.717) is 0 Å². The summed E-state index contributed by atoms with van der Waals surface area (Å²) in [7, 11) is 1.36. The molecule has 4 heteroatoms. The van der Waals surface area contributed by atoms with Gasteiger partial charge in [-0.15, -0.1) is 0 Å². The van der Waals surface area contributed by atoms with Crippen molar-refractivity contribution in [1.29, 1.82) is 0 Å². The Balaban J connectivity index is 1.72. The van der Waals surface area contributed by atoms with E-state index in [1.807, 2.05) is 61.5 Å². The number of esters is 1. The zero-order valence-electron chi connectivity index (χ0n) is 11.9. The molecular weight excluding hydrogens is 268 g/mol. The van der Waals surface area contributed by atoms with Crippen LogP contribution in [-0.4, -0.2) is 19.2 Å². The highest BCUT2D eigenvalue weighted by atomic mass is 16.6. The van der Waals surface area contributed by atoms with Gasteiger partial charge in [0.1, 0.15) is 17.1 Å². The van der Waals surface area contributed by atoms with Gasteiger partial charge in [0, 0.05) is 0 Å². The lowest BCUT2D eigenvalue weighted by Crippen LogP contribution is -2.17. The molecule has 1 fully saturated rings. The molecule has 21 heavy (non-hydrogen) atoms. The SMILES string of the molecule is COC(=O)C1OC1(C)c1ccc(Oc2ccccc2)cc1. The highest BCUT2D eigenvalue weighted by molar-refractivity contribution is 5.79. The van der Waals surface area contributed by atoms with Gasteiger partial charge in [-0.05, 0) is 36.8 Å². The van der Waals surface area contributed by atoms with Crippen LogP contribution in [0.5, 0.6) is 11.5 Å². The first-order valence-electron chi connectivity index (χ1n) is 6.72. The maximum atomic E-state index is 11.5. The third-order valence-corrected chi connectivity index (χ3v) is 3.63. The molecule has 1 aliphatic rings. The van der Waals surface area contributed by atoms with E-state index in [-0.39, 0.29) is 5.97 Å². The summed E-state index contributed by atoms with van der Waals surface area (Å²) in [5.74, 6) is 1.18. The highest BCUT2D eigenvalue weighted by Crippen LogP contribution is 2.46. The first-order chi connectivity index (χ1) is 10.1. The minimum atomic E-state index is -0.599. The third-order valence-electron chi connectivity index (χ3n) is 3.63. The lowest BCUT2D eigenvalue weighted by Gasteiger charge is -2.09. The Morgan fingerprint density at radius 1 is 1.05 bits per heavy atom. The summed E-state index contributed by atoms with van der Waals surface area (Å²) in [6.07, 6.45) is -0.525. The smallest absolute Gasteiger partial charge is 0.338 e. The molecule has 0 aliphatic carbocycles. The summed E-state index contributed by atoms with van der Waals surface area (Å²) < 4.78 is 15.9. The topological polar surface area (TPSA) is 48.1 Å². The van der Waals surface area contributed by atoms with Gasteiger partial charge in [0.2, 0.25) is 0 Å². The van der Waals surface area contributed by atoms with Crippen molar-refractivity contribution < 1.29 is 19.0 Å². The lowest BCUT2D eigenvalue weighted by atomic mass is 9.97. The van der Waals surface area contributed by atoms with Gasteiger partial charge in [-0.25, -0.2) is 4.79 Å². The predicted octanol–water partition coefficient (Wildman–Crippen LogP) is 3.27. The zero-order chi connectivity index (χ0) is 14.9. The van der Waals surface area contributed by atoms with Crippen molar-refractivity contribution in [2.45, 2.75) is 18.6 Å². The van der Waals surface area contributed by atoms with E-state index in [0.717, 1.165) is 17.1 Å². The normalized spacial score (nSPS) is 23.4. The van der Waals surface area contributed by atoms with E-state index in [1.54, 1.807) is 0 Å². The molecule has 3 rings (SSSR count). The van der Waals surface area contributed by atoms with Crippen molar-refractivity contribution in [1.82, 2.24) is 0 Å². The van der Waals surface area contributed by atoms with Crippen LogP contribution in [0.3, 0.4) is 0 Å². The quantitative estimate of drug-likeness (QED) is 0.638. The van der Waals surface area contributed by atoms with E-state index < -0.39 is 11.7 Å². The van der Waals surface area contributed by atoms with Crippen molar-refractivity contribution in [3.05, 3.63) is 60.2 Å². The van der Waals surface area contributed by atoms with Gasteiger partial charge in [-0.3, -0.25) is 0 Å². The molecular formula is C17H16O4. The summed E-state index contributed by atoms with van der Waals surface area (Å²) in [6, 6.07) is 17.1. The number of hydrogen-bond donors (Lipinski definition) is 0. The van der Waals surface area contributed by atoms with Gasteiger partial charge >= 0.3 is 5.97 Å². The van der Waals surface area contributed by atoms with E-state index in [2.05, 4.69) is 0 Å². The molecule has 0 radical (unpaired) electrons. The number of para-hydroxylation sites is 1. The van der Waals surface area contributed by atoms with E-state index in [1.165, 1.54) is 7.11 Å². The van der Waals surface area contributed by atoms with Crippen LogP contribution >= 0.6 is 0 Å². The number of methoxy groups -OCH3 is 1. The minimum Gasteiger partial charge on any atom is -0.467 e. The molecule has 0 bridgehead atoms. The number of ether oxygens (including phenoxy) is 3. The van der Waals surface area contributed by atoms with E-state index >= 15 is 0 Å². The predicted molar refractivity (Wildman–Crippen MR) is 77.2 cm³/mol. The average molecular weight is 284 g/mol. The van der Waals surface area contributed by atoms with Crippen LogP contribution in [0.1, 0.15) is 12.5 Å². The Kier molecular flexibility index (Phi) is 3.39. The molecule has 2 unspecified atom stereocenters. The van der Waals surface area contributed by atoms with Crippen LogP contribution in [0, 0.1) is 0 Å². The van der Waals surface area contributed by atoms with Gasteiger partial charge in [-0.1, -0.05) is 30.3 Å². The Morgan fingerprint density at radius 3 is 2.29 bits per heavy atom. The molecule has 0 spiro atoms.